The Morgan fingerprint density at radius 1 is 1.46 bits per heavy atom. The molecule has 1 aliphatic heterocycles. The number of guanidine groups is 1. The molecule has 0 bridgehead atoms. The summed E-state index contributed by atoms with van der Waals surface area (Å²) in [5, 5.41) is 6.88. The minimum atomic E-state index is 0. The number of halogens is 1. The molecule has 1 aromatic heterocycles. The second-order valence-electron chi connectivity index (χ2n) is 7.91. The van der Waals surface area contributed by atoms with Gasteiger partial charge in [0.2, 0.25) is 0 Å². The fourth-order valence-corrected chi connectivity index (χ4v) is 4.38. The van der Waals surface area contributed by atoms with E-state index in [0.29, 0.717) is 6.04 Å². The molecule has 0 aromatic carbocycles. The minimum Gasteiger partial charge on any atom is -0.356 e. The van der Waals surface area contributed by atoms with E-state index in [1.807, 2.05) is 7.05 Å². The highest BCUT2D eigenvalue weighted by atomic mass is 127. The van der Waals surface area contributed by atoms with Crippen molar-refractivity contribution in [2.24, 2.45) is 4.99 Å². The van der Waals surface area contributed by atoms with Gasteiger partial charge in [-0.3, -0.25) is 9.89 Å². The van der Waals surface area contributed by atoms with E-state index in [2.05, 4.69) is 60.2 Å². The first-order chi connectivity index (χ1) is 11.8. The molecule has 1 atom stereocenters. The highest BCUT2D eigenvalue weighted by molar-refractivity contribution is 14.0. The average molecular weight is 494 g/mol. The van der Waals surface area contributed by atoms with E-state index in [1.165, 1.54) is 30.1 Å². The van der Waals surface area contributed by atoms with E-state index in [1.54, 1.807) is 11.3 Å². The molecule has 0 saturated carbocycles. The molecule has 26 heavy (non-hydrogen) atoms. The Bertz CT molecular complexity index is 567. The largest absolute Gasteiger partial charge is 0.356 e. The number of aromatic nitrogens is 1. The average Bonchev–Trinajstić information content (AvgIpc) is 3.20. The maximum Gasteiger partial charge on any atom is 0.193 e. The summed E-state index contributed by atoms with van der Waals surface area (Å²) in [6.07, 6.45) is 3.56. The molecule has 1 fully saturated rings. The zero-order valence-corrected chi connectivity index (χ0v) is 20.4. The number of rotatable bonds is 6. The fourth-order valence-electron chi connectivity index (χ4n) is 3.36. The molecule has 1 N–H and O–H groups in total. The van der Waals surface area contributed by atoms with Gasteiger partial charge in [-0.1, -0.05) is 27.7 Å². The fraction of sp³-hybridized carbons (Fsp3) is 0.789. The van der Waals surface area contributed by atoms with Crippen LogP contribution in [0, 0.1) is 0 Å². The standard InChI is InChI=1S/C19H35N5S.HI/c1-7-24-12-8-9-15(24)13-23(6)18(20-5)21-11-10-17-22-16(14-25-17)19(2,3)4;/h14-15H,7-13H2,1-6H3,(H,20,21);1H. The number of hydrogen-bond donors (Lipinski definition) is 1. The van der Waals surface area contributed by atoms with Crippen LogP contribution in [0.5, 0.6) is 0 Å². The Balaban J connectivity index is 0.00000338. The van der Waals surface area contributed by atoms with Crippen LogP contribution in [0.15, 0.2) is 10.4 Å². The van der Waals surface area contributed by atoms with Crippen molar-refractivity contribution in [3.05, 3.63) is 16.1 Å². The molecule has 1 aliphatic rings. The number of hydrogen-bond acceptors (Lipinski definition) is 4. The minimum absolute atomic E-state index is 0. The molecule has 7 heteroatoms. The number of nitrogens with one attached hydrogen (secondary N) is 1. The first-order valence-corrected chi connectivity index (χ1v) is 10.3. The van der Waals surface area contributed by atoms with Crippen LogP contribution in [-0.4, -0.2) is 67.1 Å². The molecule has 0 radical (unpaired) electrons. The van der Waals surface area contributed by atoms with Crippen molar-refractivity contribution in [2.45, 2.75) is 58.4 Å². The Hall–Kier alpha value is -0.410. The molecule has 1 unspecified atom stereocenters. The van der Waals surface area contributed by atoms with E-state index in [0.717, 1.165) is 32.0 Å². The van der Waals surface area contributed by atoms with E-state index in [9.17, 15) is 0 Å². The van der Waals surface area contributed by atoms with Crippen molar-refractivity contribution in [3.8, 4) is 0 Å². The van der Waals surface area contributed by atoms with E-state index in [4.69, 9.17) is 4.98 Å². The van der Waals surface area contributed by atoms with Crippen LogP contribution < -0.4 is 5.32 Å². The molecule has 0 spiro atoms. The SMILES string of the molecule is CCN1CCCC1CN(C)C(=NC)NCCc1nc(C(C)(C)C)cs1.I. The van der Waals surface area contributed by atoms with Crippen LogP contribution in [0.25, 0.3) is 0 Å². The predicted molar refractivity (Wildman–Crippen MR) is 124 cm³/mol. The van der Waals surface area contributed by atoms with E-state index < -0.39 is 0 Å². The van der Waals surface area contributed by atoms with Crippen molar-refractivity contribution in [1.29, 1.82) is 0 Å². The summed E-state index contributed by atoms with van der Waals surface area (Å²) < 4.78 is 0. The summed E-state index contributed by atoms with van der Waals surface area (Å²) in [6.45, 7) is 13.2. The van der Waals surface area contributed by atoms with Crippen molar-refractivity contribution < 1.29 is 0 Å². The highest BCUT2D eigenvalue weighted by Gasteiger charge is 2.25. The Kier molecular flexibility index (Phi) is 9.82. The molecule has 1 aromatic rings. The van der Waals surface area contributed by atoms with Gasteiger partial charge < -0.3 is 10.2 Å². The summed E-state index contributed by atoms with van der Waals surface area (Å²) >= 11 is 1.76. The Labute approximate surface area is 180 Å². The van der Waals surface area contributed by atoms with Gasteiger partial charge in [-0.2, -0.15) is 0 Å². The van der Waals surface area contributed by atoms with Gasteiger partial charge in [0.15, 0.2) is 5.96 Å². The van der Waals surface area contributed by atoms with E-state index >= 15 is 0 Å². The molecule has 1 saturated heterocycles. The maximum absolute atomic E-state index is 4.77. The summed E-state index contributed by atoms with van der Waals surface area (Å²) in [5.74, 6) is 0.982. The Morgan fingerprint density at radius 2 is 2.19 bits per heavy atom. The van der Waals surface area contributed by atoms with E-state index in [-0.39, 0.29) is 29.4 Å². The van der Waals surface area contributed by atoms with Gasteiger partial charge in [-0.05, 0) is 25.9 Å². The van der Waals surface area contributed by atoms with Crippen LogP contribution in [0.2, 0.25) is 0 Å². The normalized spacial score (nSPS) is 18.7. The number of likely N-dealkylation sites (N-methyl/N-ethyl adjacent to an activating group) is 2. The maximum atomic E-state index is 4.77. The van der Waals surface area contributed by atoms with Crippen LogP contribution in [-0.2, 0) is 11.8 Å². The van der Waals surface area contributed by atoms with Gasteiger partial charge in [-0.15, -0.1) is 35.3 Å². The van der Waals surface area contributed by atoms with Gasteiger partial charge in [0.05, 0.1) is 10.7 Å². The summed E-state index contributed by atoms with van der Waals surface area (Å²) in [6, 6.07) is 0.654. The van der Waals surface area contributed by atoms with Gasteiger partial charge in [-0.25, -0.2) is 4.98 Å². The lowest BCUT2D eigenvalue weighted by Gasteiger charge is -2.29. The zero-order valence-electron chi connectivity index (χ0n) is 17.2. The third-order valence-corrected chi connectivity index (χ3v) is 5.81. The molecular formula is C19H36IN5S. The quantitative estimate of drug-likeness (QED) is 0.374. The molecule has 0 aliphatic carbocycles. The molecule has 0 amide bonds. The Morgan fingerprint density at radius 3 is 2.77 bits per heavy atom. The zero-order chi connectivity index (χ0) is 18.4. The molecule has 5 nitrogen and oxygen atoms in total. The third-order valence-electron chi connectivity index (χ3n) is 4.91. The topological polar surface area (TPSA) is 43.8 Å². The van der Waals surface area contributed by atoms with Gasteiger partial charge >= 0.3 is 0 Å². The van der Waals surface area contributed by atoms with Gasteiger partial charge in [0.25, 0.3) is 0 Å². The number of nitrogens with zero attached hydrogens (tertiary/aromatic N) is 4. The lowest BCUT2D eigenvalue weighted by Crippen LogP contribution is -2.46. The monoisotopic (exact) mass is 493 g/mol. The van der Waals surface area contributed by atoms with Gasteiger partial charge in [0.1, 0.15) is 0 Å². The first-order valence-electron chi connectivity index (χ1n) is 9.45. The van der Waals surface area contributed by atoms with Crippen LogP contribution in [0.1, 0.15) is 51.2 Å². The first kappa shape index (κ1) is 23.6. The van der Waals surface area contributed by atoms with Crippen molar-refractivity contribution in [2.75, 3.05) is 40.3 Å². The lowest BCUT2D eigenvalue weighted by molar-refractivity contribution is 0.233. The van der Waals surface area contributed by atoms with Crippen LogP contribution in [0.3, 0.4) is 0 Å². The second-order valence-corrected chi connectivity index (χ2v) is 8.85. The number of thiazole rings is 1. The van der Waals surface area contributed by atoms with Crippen LogP contribution >= 0.6 is 35.3 Å². The number of likely N-dealkylation sites (tertiary alicyclic amines) is 1. The summed E-state index contributed by atoms with van der Waals surface area (Å²) in [5.41, 5.74) is 1.32. The van der Waals surface area contributed by atoms with Crippen molar-refractivity contribution in [3.63, 3.8) is 0 Å². The third kappa shape index (κ3) is 6.64. The summed E-state index contributed by atoms with van der Waals surface area (Å²) in [7, 11) is 4.01. The predicted octanol–water partition coefficient (Wildman–Crippen LogP) is 3.59. The second kappa shape index (κ2) is 10.8. The molecule has 2 rings (SSSR count). The highest BCUT2D eigenvalue weighted by Crippen LogP contribution is 2.24. The van der Waals surface area contributed by atoms with Crippen molar-refractivity contribution in [1.82, 2.24) is 20.1 Å². The molecule has 2 heterocycles. The van der Waals surface area contributed by atoms with Crippen LogP contribution in [0.4, 0.5) is 0 Å². The molecule has 150 valence electrons. The summed E-state index contributed by atoms with van der Waals surface area (Å²) in [4.78, 5) is 14.1. The van der Waals surface area contributed by atoms with Crippen molar-refractivity contribution >= 4 is 41.3 Å². The van der Waals surface area contributed by atoms with Gasteiger partial charge in [0, 0.05) is 50.4 Å². The number of aliphatic imine (C=N–C) groups is 1. The smallest absolute Gasteiger partial charge is 0.193 e. The molecular weight excluding hydrogens is 457 g/mol. The lowest BCUT2D eigenvalue weighted by atomic mass is 9.93.